The number of carboxylic acid groups (broad SMARTS) is 1. The van der Waals surface area contributed by atoms with Crippen molar-refractivity contribution >= 4 is 33.2 Å². The second-order valence-electron chi connectivity index (χ2n) is 4.30. The summed E-state index contributed by atoms with van der Waals surface area (Å²) < 4.78 is 0.979. The van der Waals surface area contributed by atoms with E-state index in [2.05, 4.69) is 27.8 Å². The number of carboxylic acids is 1. The van der Waals surface area contributed by atoms with E-state index in [9.17, 15) is 9.90 Å². The number of carbonyl (C=O) groups is 1. The Kier molecular flexibility index (Phi) is 4.37. The van der Waals surface area contributed by atoms with E-state index in [-0.39, 0.29) is 5.69 Å². The SMILES string of the molecule is CCCc1nc(C(=O)O)c(-c2ccc(C)c(Br)c2)s1. The number of aryl methyl sites for hydroxylation is 2. The van der Waals surface area contributed by atoms with E-state index in [0.29, 0.717) is 0 Å². The molecule has 1 heterocycles. The molecule has 3 nitrogen and oxygen atoms in total. The van der Waals surface area contributed by atoms with Gasteiger partial charge in [-0.3, -0.25) is 0 Å². The summed E-state index contributed by atoms with van der Waals surface area (Å²) in [5.74, 6) is -0.967. The van der Waals surface area contributed by atoms with Crippen LogP contribution in [0.1, 0.15) is 34.4 Å². The molecule has 0 atom stereocenters. The van der Waals surface area contributed by atoms with Crippen molar-refractivity contribution in [2.24, 2.45) is 0 Å². The van der Waals surface area contributed by atoms with E-state index in [1.807, 2.05) is 25.1 Å². The van der Waals surface area contributed by atoms with Crippen LogP contribution in [-0.4, -0.2) is 16.1 Å². The van der Waals surface area contributed by atoms with Crippen LogP contribution in [0.25, 0.3) is 10.4 Å². The first-order valence-corrected chi connectivity index (χ1v) is 7.63. The molecule has 0 spiro atoms. The minimum absolute atomic E-state index is 0.157. The number of hydrogen-bond acceptors (Lipinski definition) is 3. The Labute approximate surface area is 124 Å². The van der Waals surface area contributed by atoms with Gasteiger partial charge < -0.3 is 5.11 Å². The second-order valence-corrected chi connectivity index (χ2v) is 6.24. The molecule has 0 fully saturated rings. The predicted molar refractivity (Wildman–Crippen MR) is 80.9 cm³/mol. The van der Waals surface area contributed by atoms with Gasteiger partial charge in [-0.1, -0.05) is 35.0 Å². The summed E-state index contributed by atoms with van der Waals surface area (Å²) in [6, 6.07) is 5.87. The van der Waals surface area contributed by atoms with Gasteiger partial charge in [-0.25, -0.2) is 9.78 Å². The Bertz CT molecular complexity index is 622. The number of halogens is 1. The van der Waals surface area contributed by atoms with Gasteiger partial charge in [0.25, 0.3) is 0 Å². The van der Waals surface area contributed by atoms with Crippen LogP contribution < -0.4 is 0 Å². The second kappa shape index (κ2) is 5.84. The minimum atomic E-state index is -0.967. The molecular formula is C14H14BrNO2S. The Hall–Kier alpha value is -1.20. The molecule has 0 aliphatic heterocycles. The molecule has 0 radical (unpaired) electrons. The maximum Gasteiger partial charge on any atom is 0.356 e. The van der Waals surface area contributed by atoms with Crippen LogP contribution in [0, 0.1) is 6.92 Å². The average Bonchev–Trinajstić information content (AvgIpc) is 2.77. The van der Waals surface area contributed by atoms with E-state index in [0.717, 1.165) is 38.3 Å². The summed E-state index contributed by atoms with van der Waals surface area (Å²) in [5, 5.41) is 10.1. The van der Waals surface area contributed by atoms with Crippen molar-refractivity contribution < 1.29 is 9.90 Å². The third-order valence-electron chi connectivity index (χ3n) is 2.77. The van der Waals surface area contributed by atoms with Gasteiger partial charge in [-0.15, -0.1) is 11.3 Å². The van der Waals surface area contributed by atoms with Gasteiger partial charge in [0.15, 0.2) is 5.69 Å². The number of aromatic carboxylic acids is 1. The first-order chi connectivity index (χ1) is 9.02. The predicted octanol–water partition coefficient (Wildman–Crippen LogP) is 4.53. The van der Waals surface area contributed by atoms with Gasteiger partial charge in [-0.05, 0) is 37.0 Å². The fourth-order valence-corrected chi connectivity index (χ4v) is 3.29. The fraction of sp³-hybridized carbons (Fsp3) is 0.286. The zero-order valence-corrected chi connectivity index (χ0v) is 13.1. The summed E-state index contributed by atoms with van der Waals surface area (Å²) >= 11 is 4.95. The molecule has 5 heteroatoms. The molecule has 19 heavy (non-hydrogen) atoms. The summed E-state index contributed by atoms with van der Waals surface area (Å²) in [4.78, 5) is 16.3. The Morgan fingerprint density at radius 3 is 2.79 bits per heavy atom. The third-order valence-corrected chi connectivity index (χ3v) is 4.79. The van der Waals surface area contributed by atoms with Gasteiger partial charge in [0.2, 0.25) is 0 Å². The van der Waals surface area contributed by atoms with Crippen LogP contribution in [0.4, 0.5) is 0 Å². The van der Waals surface area contributed by atoms with Gasteiger partial charge in [0, 0.05) is 4.47 Å². The topological polar surface area (TPSA) is 50.2 Å². The van der Waals surface area contributed by atoms with Crippen molar-refractivity contribution in [1.29, 1.82) is 0 Å². The zero-order valence-electron chi connectivity index (χ0n) is 10.7. The molecule has 2 rings (SSSR count). The van der Waals surface area contributed by atoms with Crippen LogP contribution in [-0.2, 0) is 6.42 Å². The zero-order chi connectivity index (χ0) is 14.0. The molecule has 0 saturated carbocycles. The highest BCUT2D eigenvalue weighted by molar-refractivity contribution is 9.10. The van der Waals surface area contributed by atoms with Crippen molar-refractivity contribution in [1.82, 2.24) is 4.98 Å². The Balaban J connectivity index is 2.53. The van der Waals surface area contributed by atoms with Crippen LogP contribution in [0.15, 0.2) is 22.7 Å². The molecule has 100 valence electrons. The summed E-state index contributed by atoms with van der Waals surface area (Å²) in [7, 11) is 0. The molecule has 0 aliphatic rings. The first-order valence-electron chi connectivity index (χ1n) is 6.02. The van der Waals surface area contributed by atoms with E-state index < -0.39 is 5.97 Å². The van der Waals surface area contributed by atoms with E-state index in [1.54, 1.807) is 0 Å². The largest absolute Gasteiger partial charge is 0.476 e. The van der Waals surface area contributed by atoms with Crippen molar-refractivity contribution in [2.45, 2.75) is 26.7 Å². The number of hydrogen-bond donors (Lipinski definition) is 1. The lowest BCUT2D eigenvalue weighted by molar-refractivity contribution is 0.0692. The van der Waals surface area contributed by atoms with Gasteiger partial charge >= 0.3 is 5.97 Å². The highest BCUT2D eigenvalue weighted by atomic mass is 79.9. The number of benzene rings is 1. The summed E-state index contributed by atoms with van der Waals surface area (Å²) in [6.07, 6.45) is 1.78. The van der Waals surface area contributed by atoms with Crippen molar-refractivity contribution in [3.8, 4) is 10.4 Å². The lowest BCUT2D eigenvalue weighted by Crippen LogP contribution is -1.99. The summed E-state index contributed by atoms with van der Waals surface area (Å²) in [6.45, 7) is 4.06. The highest BCUT2D eigenvalue weighted by Gasteiger charge is 2.18. The maximum absolute atomic E-state index is 11.3. The molecule has 0 aliphatic carbocycles. The fourth-order valence-electron chi connectivity index (χ4n) is 1.76. The number of rotatable bonds is 4. The molecule has 0 amide bonds. The Morgan fingerprint density at radius 2 is 2.21 bits per heavy atom. The minimum Gasteiger partial charge on any atom is -0.476 e. The number of aromatic nitrogens is 1. The number of thiazole rings is 1. The van der Waals surface area contributed by atoms with Crippen molar-refractivity contribution in [3.05, 3.63) is 38.9 Å². The van der Waals surface area contributed by atoms with Crippen molar-refractivity contribution in [2.75, 3.05) is 0 Å². The Morgan fingerprint density at radius 1 is 1.47 bits per heavy atom. The number of nitrogens with zero attached hydrogens (tertiary/aromatic N) is 1. The molecule has 0 unspecified atom stereocenters. The lowest BCUT2D eigenvalue weighted by Gasteiger charge is -2.02. The molecule has 1 N–H and O–H groups in total. The average molecular weight is 340 g/mol. The smallest absolute Gasteiger partial charge is 0.356 e. The maximum atomic E-state index is 11.3. The highest BCUT2D eigenvalue weighted by Crippen LogP contribution is 2.33. The molecule has 0 saturated heterocycles. The summed E-state index contributed by atoms with van der Waals surface area (Å²) in [5.41, 5.74) is 2.18. The third kappa shape index (κ3) is 3.04. The lowest BCUT2D eigenvalue weighted by atomic mass is 10.1. The first kappa shape index (κ1) is 14.2. The van der Waals surface area contributed by atoms with Crippen LogP contribution in [0.5, 0.6) is 0 Å². The molecule has 2 aromatic rings. The molecular weight excluding hydrogens is 326 g/mol. The van der Waals surface area contributed by atoms with Crippen LogP contribution in [0.3, 0.4) is 0 Å². The van der Waals surface area contributed by atoms with Crippen LogP contribution >= 0.6 is 27.3 Å². The molecule has 1 aromatic carbocycles. The van der Waals surface area contributed by atoms with Gasteiger partial charge in [0.05, 0.1) is 9.88 Å². The van der Waals surface area contributed by atoms with Crippen LogP contribution in [0.2, 0.25) is 0 Å². The van der Waals surface area contributed by atoms with E-state index >= 15 is 0 Å². The van der Waals surface area contributed by atoms with E-state index in [1.165, 1.54) is 11.3 Å². The van der Waals surface area contributed by atoms with Gasteiger partial charge in [-0.2, -0.15) is 0 Å². The van der Waals surface area contributed by atoms with Crippen molar-refractivity contribution in [3.63, 3.8) is 0 Å². The molecule has 0 bridgehead atoms. The van der Waals surface area contributed by atoms with E-state index in [4.69, 9.17) is 0 Å². The standard InChI is InChI=1S/C14H14BrNO2S/c1-3-4-11-16-12(14(17)18)13(19-11)9-6-5-8(2)10(15)7-9/h5-7H,3-4H2,1-2H3,(H,17,18). The van der Waals surface area contributed by atoms with Gasteiger partial charge in [0.1, 0.15) is 0 Å². The normalized spacial score (nSPS) is 10.7. The molecule has 1 aromatic heterocycles. The quantitative estimate of drug-likeness (QED) is 0.889. The monoisotopic (exact) mass is 339 g/mol.